The van der Waals surface area contributed by atoms with E-state index in [-0.39, 0.29) is 6.09 Å². The predicted molar refractivity (Wildman–Crippen MR) is 180 cm³/mol. The minimum absolute atomic E-state index is 0.229. The molecule has 0 atom stereocenters. The number of carbonyl (C=O) groups is 1. The number of piperidine rings is 1. The minimum atomic E-state index is -2.11. The molecule has 4 aromatic heterocycles. The topological polar surface area (TPSA) is 112 Å². The number of hydrogen-bond donors (Lipinski definition) is 2. The average molecular weight is 614 g/mol. The third kappa shape index (κ3) is 5.70. The summed E-state index contributed by atoms with van der Waals surface area (Å²) in [7, 11) is -2.11. The molecule has 2 N–H and O–H groups in total. The molecule has 4 aromatic rings. The van der Waals surface area contributed by atoms with Crippen LogP contribution in [-0.2, 0) is 4.74 Å². The van der Waals surface area contributed by atoms with Crippen molar-refractivity contribution in [1.82, 2.24) is 24.1 Å². The van der Waals surface area contributed by atoms with E-state index in [1.54, 1.807) is 6.20 Å². The number of anilines is 2. The number of amides is 1. The van der Waals surface area contributed by atoms with E-state index in [2.05, 4.69) is 74.4 Å². The van der Waals surface area contributed by atoms with E-state index in [9.17, 15) is 10.1 Å². The van der Waals surface area contributed by atoms with Crippen LogP contribution in [-0.4, -0.2) is 57.1 Å². The molecule has 0 spiro atoms. The van der Waals surface area contributed by atoms with Gasteiger partial charge in [0.1, 0.15) is 23.1 Å². The van der Waals surface area contributed by atoms with E-state index in [4.69, 9.17) is 14.7 Å². The van der Waals surface area contributed by atoms with Crippen LogP contribution in [0.2, 0.25) is 16.6 Å². The molecule has 0 aliphatic carbocycles. The number of fused-ring (bicyclic) bond motifs is 2. The van der Waals surface area contributed by atoms with Crippen LogP contribution in [0.5, 0.6) is 0 Å². The van der Waals surface area contributed by atoms with E-state index in [0.29, 0.717) is 52.7 Å². The lowest BCUT2D eigenvalue weighted by Gasteiger charge is -2.44. The van der Waals surface area contributed by atoms with Crippen molar-refractivity contribution in [3.8, 4) is 6.07 Å². The summed E-state index contributed by atoms with van der Waals surface area (Å²) in [6.07, 6.45) is 7.54. The highest BCUT2D eigenvalue weighted by atomic mass is 28.3. The molecule has 1 aliphatic heterocycles. The van der Waals surface area contributed by atoms with E-state index >= 15 is 0 Å². The van der Waals surface area contributed by atoms with Gasteiger partial charge in [0.15, 0.2) is 8.24 Å². The Labute approximate surface area is 262 Å². The number of hydrogen-bond acceptors (Lipinski definition) is 6. The summed E-state index contributed by atoms with van der Waals surface area (Å²) in [6.45, 7) is 21.4. The van der Waals surface area contributed by atoms with E-state index in [1.807, 2.05) is 44.0 Å². The number of rotatable bonds is 7. The molecule has 0 saturated carbocycles. The number of H-pyrrole nitrogens is 1. The number of carbonyl (C=O) groups excluding carboxylic acids is 1. The number of ether oxygens (including phenoxy) is 1. The maximum Gasteiger partial charge on any atom is 0.410 e. The second kappa shape index (κ2) is 11.9. The molecule has 234 valence electrons. The van der Waals surface area contributed by atoms with Crippen molar-refractivity contribution in [2.75, 3.05) is 18.4 Å². The van der Waals surface area contributed by atoms with Gasteiger partial charge in [-0.1, -0.05) is 41.5 Å². The van der Waals surface area contributed by atoms with Gasteiger partial charge in [0.25, 0.3) is 0 Å². The highest BCUT2D eigenvalue weighted by Gasteiger charge is 2.46. The van der Waals surface area contributed by atoms with Gasteiger partial charge in [0, 0.05) is 30.9 Å². The molecule has 1 aliphatic rings. The van der Waals surface area contributed by atoms with Crippen molar-refractivity contribution >= 4 is 47.9 Å². The molecule has 5 rings (SSSR count). The number of likely N-dealkylation sites (tertiary alicyclic amines) is 1. The lowest BCUT2D eigenvalue weighted by atomic mass is 9.90. The van der Waals surface area contributed by atoms with Crippen molar-refractivity contribution < 1.29 is 9.53 Å². The first-order chi connectivity index (χ1) is 20.8. The van der Waals surface area contributed by atoms with Gasteiger partial charge in [0.2, 0.25) is 0 Å². The second-order valence-electron chi connectivity index (χ2n) is 14.2. The normalized spacial score (nSPS) is 15.1. The number of nitriles is 1. The fourth-order valence-corrected chi connectivity index (χ4v) is 14.3. The van der Waals surface area contributed by atoms with Crippen molar-refractivity contribution in [2.45, 2.75) is 103 Å². The lowest BCUT2D eigenvalue weighted by molar-refractivity contribution is 0.0205. The maximum absolute atomic E-state index is 12.8. The zero-order chi connectivity index (χ0) is 32.0. The third-order valence-corrected chi connectivity index (χ3v) is 16.1. The summed E-state index contributed by atoms with van der Waals surface area (Å²) < 4.78 is 8.31. The number of nitrogens with zero attached hydrogens (tertiary/aromatic N) is 5. The van der Waals surface area contributed by atoms with Gasteiger partial charge in [-0.2, -0.15) is 5.26 Å². The Morgan fingerprint density at radius 1 is 1.11 bits per heavy atom. The zero-order valence-corrected chi connectivity index (χ0v) is 28.7. The summed E-state index contributed by atoms with van der Waals surface area (Å²) in [5, 5.41) is 13.7. The Morgan fingerprint density at radius 2 is 1.77 bits per heavy atom. The molecule has 10 heteroatoms. The molecule has 0 unspecified atom stereocenters. The molecular weight excluding hydrogens is 567 g/mol. The Kier molecular flexibility index (Phi) is 8.55. The van der Waals surface area contributed by atoms with Crippen molar-refractivity contribution in [3.63, 3.8) is 0 Å². The van der Waals surface area contributed by atoms with Gasteiger partial charge in [-0.15, -0.1) is 0 Å². The highest BCUT2D eigenvalue weighted by molar-refractivity contribution is 6.82. The fourth-order valence-electron chi connectivity index (χ4n) is 7.67. The predicted octanol–water partition coefficient (Wildman–Crippen LogP) is 8.67. The van der Waals surface area contributed by atoms with Gasteiger partial charge in [-0.05, 0) is 79.9 Å². The summed E-state index contributed by atoms with van der Waals surface area (Å²) in [5.41, 5.74) is 6.68. The maximum atomic E-state index is 12.8. The summed E-state index contributed by atoms with van der Waals surface area (Å²) in [6, 6.07) is 8.26. The van der Waals surface area contributed by atoms with Gasteiger partial charge >= 0.3 is 6.09 Å². The molecular formula is C34H47N7O2Si. The van der Waals surface area contributed by atoms with Crippen molar-refractivity contribution in [1.29, 1.82) is 5.26 Å². The summed E-state index contributed by atoms with van der Waals surface area (Å²) in [4.78, 5) is 27.5. The van der Waals surface area contributed by atoms with Gasteiger partial charge in [0.05, 0.1) is 28.5 Å². The largest absolute Gasteiger partial charge is 0.444 e. The zero-order valence-electron chi connectivity index (χ0n) is 27.7. The van der Waals surface area contributed by atoms with Crippen LogP contribution in [0.25, 0.3) is 22.1 Å². The summed E-state index contributed by atoms with van der Waals surface area (Å²) in [5.74, 6) is 1.01. The van der Waals surface area contributed by atoms with Crippen molar-refractivity contribution in [2.24, 2.45) is 0 Å². The first-order valence-corrected chi connectivity index (χ1v) is 18.1. The fraction of sp³-hybridized carbons (Fsp3) is 0.529. The van der Waals surface area contributed by atoms with Crippen LogP contribution in [0.4, 0.5) is 16.3 Å². The first kappa shape index (κ1) is 31.6. The highest BCUT2D eigenvalue weighted by Crippen LogP contribution is 2.46. The monoisotopic (exact) mass is 613 g/mol. The number of aromatic amines is 1. The Bertz CT molecular complexity index is 1680. The van der Waals surface area contributed by atoms with E-state index in [1.165, 1.54) is 5.56 Å². The number of nitrogens with one attached hydrogen (secondary N) is 2. The third-order valence-electron chi connectivity index (χ3n) is 9.38. The minimum Gasteiger partial charge on any atom is -0.444 e. The van der Waals surface area contributed by atoms with Gasteiger partial charge in [-0.25, -0.2) is 9.78 Å². The molecule has 1 saturated heterocycles. The van der Waals surface area contributed by atoms with Crippen LogP contribution in [0.3, 0.4) is 0 Å². The Balaban J connectivity index is 1.54. The second-order valence-corrected chi connectivity index (χ2v) is 19.9. The molecule has 0 radical (unpaired) electrons. The van der Waals surface area contributed by atoms with Crippen LogP contribution in [0.15, 0.2) is 36.8 Å². The molecule has 0 bridgehead atoms. The first-order valence-electron chi connectivity index (χ1n) is 15.9. The van der Waals surface area contributed by atoms with Crippen LogP contribution < -0.4 is 5.32 Å². The van der Waals surface area contributed by atoms with Crippen LogP contribution in [0, 0.1) is 11.3 Å². The molecule has 5 heterocycles. The Hall–Kier alpha value is -3.84. The molecule has 44 heavy (non-hydrogen) atoms. The molecule has 1 fully saturated rings. The Morgan fingerprint density at radius 3 is 2.36 bits per heavy atom. The number of pyridine rings is 2. The smallest absolute Gasteiger partial charge is 0.410 e. The number of aromatic nitrogens is 4. The van der Waals surface area contributed by atoms with E-state index in [0.717, 1.165) is 34.9 Å². The SMILES string of the molecule is CC(C)[Si](C(C)C)(C(C)C)n1cc(C2CCN(C(=O)OC(C)(C)C)CC2)c2ncc(Nc3ccc4c(C#N)c[nH]c4n3)cc21. The quantitative estimate of drug-likeness (QED) is 0.202. The molecule has 9 nitrogen and oxygen atoms in total. The van der Waals surface area contributed by atoms with Gasteiger partial charge < -0.3 is 24.2 Å². The van der Waals surface area contributed by atoms with Crippen molar-refractivity contribution in [3.05, 3.63) is 47.9 Å². The molecule has 1 amide bonds. The van der Waals surface area contributed by atoms with E-state index < -0.39 is 13.8 Å². The standard InChI is InChI=1S/C34H47N7O2Si/c1-21(2)44(22(3)4,23(5)6)41-20-28(24-12-14-40(15-13-24)33(42)43-34(7,8)9)31-29(41)16-26(19-36-31)38-30-11-10-27-25(17-35)18-37-32(27)39-30/h10-11,16,18-24H,12-15H2,1-9H3,(H2,37,38,39). The summed E-state index contributed by atoms with van der Waals surface area (Å²) >= 11 is 0. The van der Waals surface area contributed by atoms with Gasteiger partial charge in [-0.3, -0.25) is 4.98 Å². The molecule has 0 aromatic carbocycles. The lowest BCUT2D eigenvalue weighted by Crippen LogP contribution is -2.51. The van der Waals surface area contributed by atoms with Crippen LogP contribution in [0.1, 0.15) is 92.2 Å². The van der Waals surface area contributed by atoms with Crippen LogP contribution >= 0.6 is 0 Å². The average Bonchev–Trinajstić information content (AvgIpc) is 3.53.